The number of rotatable bonds is 9. The maximum Gasteiger partial charge on any atom is 0.308 e. The molecule has 0 aliphatic heterocycles. The van der Waals surface area contributed by atoms with Gasteiger partial charge in [-0.05, 0) is 20.9 Å². The normalized spacial score (nSPS) is 11.4. The minimum atomic E-state index is -0.817. The smallest absolute Gasteiger partial charge is 0.308 e. The lowest BCUT2D eigenvalue weighted by atomic mass is 10.0. The van der Waals surface area contributed by atoms with Gasteiger partial charge in [-0.1, -0.05) is 18.2 Å². The number of benzene rings is 1. The van der Waals surface area contributed by atoms with E-state index in [1.54, 1.807) is 27.0 Å². The van der Waals surface area contributed by atoms with Gasteiger partial charge in [0.1, 0.15) is 0 Å². The molecular formula is C16H24ClN3O5. The fourth-order valence-corrected chi connectivity index (χ4v) is 2.17. The number of esters is 1. The van der Waals surface area contributed by atoms with Crippen molar-refractivity contribution >= 4 is 30.0 Å². The number of nitro groups is 1. The first-order valence-corrected chi connectivity index (χ1v) is 7.72. The zero-order valence-electron chi connectivity index (χ0n) is 14.5. The molecule has 140 valence electrons. The van der Waals surface area contributed by atoms with Gasteiger partial charge < -0.3 is 15.4 Å². The summed E-state index contributed by atoms with van der Waals surface area (Å²) in [5, 5.41) is 16.7. The van der Waals surface area contributed by atoms with E-state index in [1.807, 2.05) is 0 Å². The predicted molar refractivity (Wildman–Crippen MR) is 95.6 cm³/mol. The molecule has 1 amide bonds. The van der Waals surface area contributed by atoms with E-state index in [0.717, 1.165) is 0 Å². The van der Waals surface area contributed by atoms with Crippen molar-refractivity contribution in [3.63, 3.8) is 0 Å². The number of hydrogen-bond donors (Lipinski definition) is 2. The van der Waals surface area contributed by atoms with E-state index < -0.39 is 16.9 Å². The fourth-order valence-electron chi connectivity index (χ4n) is 2.17. The van der Waals surface area contributed by atoms with Crippen LogP contribution in [0.15, 0.2) is 24.3 Å². The Morgan fingerprint density at radius 2 is 1.92 bits per heavy atom. The molecule has 0 aromatic heterocycles. The van der Waals surface area contributed by atoms with Crippen molar-refractivity contribution in [3.8, 4) is 0 Å². The molecule has 0 radical (unpaired) electrons. The van der Waals surface area contributed by atoms with Crippen LogP contribution in [0.2, 0.25) is 0 Å². The molecule has 8 nitrogen and oxygen atoms in total. The minimum Gasteiger partial charge on any atom is -0.463 e. The molecule has 0 aliphatic rings. The molecule has 2 N–H and O–H groups in total. The Morgan fingerprint density at radius 3 is 2.48 bits per heavy atom. The molecule has 1 aromatic rings. The summed E-state index contributed by atoms with van der Waals surface area (Å²) in [5.74, 6) is -0.827. The van der Waals surface area contributed by atoms with Crippen LogP contribution >= 0.6 is 12.4 Å². The molecule has 0 bridgehead atoms. The van der Waals surface area contributed by atoms with Gasteiger partial charge in [0, 0.05) is 19.0 Å². The Hall–Kier alpha value is -2.19. The van der Waals surface area contributed by atoms with Crippen LogP contribution in [-0.2, 0) is 14.3 Å². The lowest BCUT2D eigenvalue weighted by Crippen LogP contribution is -2.33. The molecule has 0 spiro atoms. The number of carbonyl (C=O) groups is 2. The highest BCUT2D eigenvalue weighted by Crippen LogP contribution is 2.27. The Morgan fingerprint density at radius 1 is 1.28 bits per heavy atom. The molecule has 1 unspecified atom stereocenters. The molecule has 25 heavy (non-hydrogen) atoms. The summed E-state index contributed by atoms with van der Waals surface area (Å²) in [6, 6.07) is 5.22. The lowest BCUT2D eigenvalue weighted by molar-refractivity contribution is -0.385. The monoisotopic (exact) mass is 373 g/mol. The number of nitro benzene ring substituents is 1. The second-order valence-electron chi connectivity index (χ2n) is 5.53. The van der Waals surface area contributed by atoms with Crippen LogP contribution < -0.4 is 10.6 Å². The van der Waals surface area contributed by atoms with Crippen molar-refractivity contribution in [1.82, 2.24) is 10.6 Å². The van der Waals surface area contributed by atoms with Gasteiger partial charge in [-0.25, -0.2) is 0 Å². The van der Waals surface area contributed by atoms with Crippen LogP contribution in [0.5, 0.6) is 0 Å². The number of halogens is 1. The van der Waals surface area contributed by atoms with Crippen molar-refractivity contribution in [2.75, 3.05) is 13.6 Å². The number of carbonyl (C=O) groups excluding carboxylic acids is 2. The summed E-state index contributed by atoms with van der Waals surface area (Å²) in [6.07, 6.45) is -0.273. The third-order valence-electron chi connectivity index (χ3n) is 3.18. The van der Waals surface area contributed by atoms with E-state index in [1.165, 1.54) is 18.2 Å². The van der Waals surface area contributed by atoms with Gasteiger partial charge in [-0.2, -0.15) is 0 Å². The molecule has 9 heteroatoms. The predicted octanol–water partition coefficient (Wildman–Crippen LogP) is 2.13. The van der Waals surface area contributed by atoms with E-state index in [0.29, 0.717) is 6.54 Å². The number of para-hydroxylation sites is 1. The number of amides is 1. The summed E-state index contributed by atoms with van der Waals surface area (Å²) < 4.78 is 5.09. The Labute approximate surface area is 152 Å². The molecule has 1 aromatic carbocycles. The van der Waals surface area contributed by atoms with Crippen LogP contribution in [0, 0.1) is 10.1 Å². The Balaban J connectivity index is 0.00000576. The van der Waals surface area contributed by atoms with Gasteiger partial charge in [0.2, 0.25) is 5.91 Å². The molecule has 0 saturated heterocycles. The number of ether oxygens (including phenoxy) is 1. The van der Waals surface area contributed by atoms with Crippen LogP contribution in [0.3, 0.4) is 0 Å². The molecule has 0 saturated carbocycles. The first-order valence-electron chi connectivity index (χ1n) is 7.72. The van der Waals surface area contributed by atoms with E-state index in [2.05, 4.69) is 10.6 Å². The number of hydrogen-bond acceptors (Lipinski definition) is 6. The second-order valence-corrected chi connectivity index (χ2v) is 5.53. The summed E-state index contributed by atoms with van der Waals surface area (Å²) in [6.45, 7) is 3.89. The SMILES string of the molecule is CNCCC(=O)NC(CC(=O)OC(C)C)c1ccccc1[N+](=O)[O-].Cl. The number of nitrogens with zero attached hydrogens (tertiary/aromatic N) is 1. The summed E-state index contributed by atoms with van der Waals surface area (Å²) in [5.41, 5.74) is 0.134. The molecule has 0 heterocycles. The maximum absolute atomic E-state index is 12.0. The number of nitrogens with one attached hydrogen (secondary N) is 2. The average molecular weight is 374 g/mol. The van der Waals surface area contributed by atoms with Crippen LogP contribution in [0.4, 0.5) is 5.69 Å². The Kier molecular flexibility index (Phi) is 10.4. The van der Waals surface area contributed by atoms with Gasteiger partial charge in [0.05, 0.1) is 29.1 Å². The van der Waals surface area contributed by atoms with Crippen LogP contribution in [0.25, 0.3) is 0 Å². The largest absolute Gasteiger partial charge is 0.463 e. The van der Waals surface area contributed by atoms with E-state index in [4.69, 9.17) is 4.74 Å². The van der Waals surface area contributed by atoms with Gasteiger partial charge >= 0.3 is 5.97 Å². The fraction of sp³-hybridized carbons (Fsp3) is 0.500. The zero-order chi connectivity index (χ0) is 18.1. The minimum absolute atomic E-state index is 0. The van der Waals surface area contributed by atoms with Gasteiger partial charge in [-0.15, -0.1) is 12.4 Å². The third-order valence-corrected chi connectivity index (χ3v) is 3.18. The summed E-state index contributed by atoms with van der Waals surface area (Å²) >= 11 is 0. The van der Waals surface area contributed by atoms with E-state index >= 15 is 0 Å². The van der Waals surface area contributed by atoms with E-state index in [-0.39, 0.29) is 48.5 Å². The summed E-state index contributed by atoms with van der Waals surface area (Å²) in [4.78, 5) is 34.6. The van der Waals surface area contributed by atoms with Gasteiger partial charge in [0.15, 0.2) is 0 Å². The zero-order valence-corrected chi connectivity index (χ0v) is 15.3. The standard InChI is InChI=1S/C16H23N3O5.ClH/c1-11(2)24-16(21)10-13(18-15(20)8-9-17-3)12-6-4-5-7-14(12)19(22)23;/h4-7,11,13,17H,8-10H2,1-3H3,(H,18,20);1H. The van der Waals surface area contributed by atoms with Crippen molar-refractivity contribution in [1.29, 1.82) is 0 Å². The molecule has 0 aliphatic carbocycles. The Bertz CT molecular complexity index is 595. The molecule has 1 atom stereocenters. The maximum atomic E-state index is 12.0. The van der Waals surface area contributed by atoms with Crippen molar-refractivity contribution < 1.29 is 19.2 Å². The van der Waals surface area contributed by atoms with Gasteiger partial charge in [0.25, 0.3) is 5.69 Å². The molecule has 0 fully saturated rings. The quantitative estimate of drug-likeness (QED) is 0.389. The van der Waals surface area contributed by atoms with Gasteiger partial charge in [-0.3, -0.25) is 19.7 Å². The lowest BCUT2D eigenvalue weighted by Gasteiger charge is -2.19. The van der Waals surface area contributed by atoms with Crippen molar-refractivity contribution in [3.05, 3.63) is 39.9 Å². The molecule has 1 rings (SSSR count). The van der Waals surface area contributed by atoms with Crippen molar-refractivity contribution in [2.45, 2.75) is 38.8 Å². The van der Waals surface area contributed by atoms with Crippen molar-refractivity contribution in [2.24, 2.45) is 0 Å². The van der Waals surface area contributed by atoms with Crippen LogP contribution in [-0.4, -0.2) is 36.5 Å². The highest BCUT2D eigenvalue weighted by molar-refractivity contribution is 5.85. The van der Waals surface area contributed by atoms with Crippen LogP contribution in [0.1, 0.15) is 38.3 Å². The first-order chi connectivity index (χ1) is 11.3. The highest BCUT2D eigenvalue weighted by atomic mass is 35.5. The molecular weight excluding hydrogens is 350 g/mol. The third kappa shape index (κ3) is 7.95. The second kappa shape index (κ2) is 11.4. The highest BCUT2D eigenvalue weighted by Gasteiger charge is 2.26. The summed E-state index contributed by atoms with van der Waals surface area (Å²) in [7, 11) is 1.72. The first kappa shape index (κ1) is 22.8. The topological polar surface area (TPSA) is 111 Å². The van der Waals surface area contributed by atoms with E-state index in [9.17, 15) is 19.7 Å². The average Bonchev–Trinajstić information content (AvgIpc) is 2.51.